The van der Waals surface area contributed by atoms with E-state index >= 15 is 0 Å². The first-order chi connectivity index (χ1) is 14.6. The fraction of sp³-hybridized carbons (Fsp3) is 1.00. The molecule has 30 heavy (non-hydrogen) atoms. The van der Waals surface area contributed by atoms with Crippen LogP contribution in [0.25, 0.3) is 0 Å². The zero-order valence-electron chi connectivity index (χ0n) is 21.6. The number of rotatable bonds is 25. The van der Waals surface area contributed by atoms with Crippen molar-refractivity contribution in [2.75, 3.05) is 40.5 Å². The Morgan fingerprint density at radius 3 is 1.17 bits per heavy atom. The molecule has 0 N–H and O–H groups in total. The van der Waals surface area contributed by atoms with Gasteiger partial charge in [-0.25, -0.2) is 0 Å². The lowest BCUT2D eigenvalue weighted by Gasteiger charge is -2.27. The zero-order valence-corrected chi connectivity index (χ0v) is 22.5. The lowest BCUT2D eigenvalue weighted by molar-refractivity contribution is -0.870. The molecular formula is C27H58NOP. The summed E-state index contributed by atoms with van der Waals surface area (Å²) >= 11 is 0. The molecule has 0 bridgehead atoms. The van der Waals surface area contributed by atoms with Gasteiger partial charge in [-0.2, -0.15) is 6.16 Å². The normalized spacial score (nSPS) is 12.4. The first-order valence-corrected chi connectivity index (χ1v) is 14.7. The van der Waals surface area contributed by atoms with Crippen LogP contribution in [0.1, 0.15) is 135 Å². The molecule has 0 aliphatic rings. The second-order valence-corrected chi connectivity index (χ2v) is 11.4. The minimum atomic E-state index is 0.893. The number of hydrogen-bond donors (Lipinski definition) is 0. The molecular weight excluding hydrogens is 385 g/mol. The fourth-order valence-electron chi connectivity index (χ4n) is 3.88. The Hall–Kier alpha value is 0.350. The van der Waals surface area contributed by atoms with Crippen LogP contribution in [-0.4, -0.2) is 44.9 Å². The molecule has 0 saturated carbocycles. The van der Waals surface area contributed by atoms with Gasteiger partial charge < -0.3 is 17.8 Å². The summed E-state index contributed by atoms with van der Waals surface area (Å²) in [5.41, 5.74) is 0. The molecule has 3 heteroatoms. The van der Waals surface area contributed by atoms with Crippen molar-refractivity contribution < 1.29 is 9.01 Å². The molecule has 0 saturated heterocycles. The topological polar surface area (TPSA) is 9.23 Å². The van der Waals surface area contributed by atoms with E-state index in [9.17, 15) is 0 Å². The van der Waals surface area contributed by atoms with Gasteiger partial charge in [0.2, 0.25) is 0 Å². The van der Waals surface area contributed by atoms with Crippen LogP contribution in [0.2, 0.25) is 0 Å². The third-order valence-corrected chi connectivity index (χ3v) is 6.91. The van der Waals surface area contributed by atoms with Gasteiger partial charge in [0.25, 0.3) is 0 Å². The third kappa shape index (κ3) is 28.4. The molecule has 0 radical (unpaired) electrons. The molecule has 182 valence electrons. The van der Waals surface area contributed by atoms with E-state index in [4.69, 9.17) is 4.52 Å². The molecule has 0 aromatic carbocycles. The second kappa shape index (κ2) is 24.0. The Bertz CT molecular complexity index is 316. The van der Waals surface area contributed by atoms with Crippen molar-refractivity contribution in [3.05, 3.63) is 0 Å². The van der Waals surface area contributed by atoms with Gasteiger partial charge in [0.1, 0.15) is 0 Å². The van der Waals surface area contributed by atoms with Gasteiger partial charge in [0.15, 0.2) is 0 Å². The SMILES string of the molecule is CCCCCCCCCCCCCCCCCCCCCC[P-]OCC[N+](C)(C)C. The monoisotopic (exact) mass is 443 g/mol. The van der Waals surface area contributed by atoms with Crippen molar-refractivity contribution in [3.63, 3.8) is 0 Å². The predicted molar refractivity (Wildman–Crippen MR) is 139 cm³/mol. The van der Waals surface area contributed by atoms with Crippen molar-refractivity contribution in [1.82, 2.24) is 0 Å². The van der Waals surface area contributed by atoms with E-state index in [1.54, 1.807) is 0 Å². The molecule has 0 amide bonds. The summed E-state index contributed by atoms with van der Waals surface area (Å²) in [5, 5.41) is 0. The lowest BCUT2D eigenvalue weighted by Crippen LogP contribution is -2.37. The number of unbranched alkanes of at least 4 members (excludes halogenated alkanes) is 19. The first-order valence-electron chi connectivity index (χ1n) is 13.7. The summed E-state index contributed by atoms with van der Waals surface area (Å²) in [6.45, 7) is 4.30. The van der Waals surface area contributed by atoms with Crippen LogP contribution in [0.4, 0.5) is 0 Å². The minimum Gasteiger partial charge on any atom is -0.553 e. The van der Waals surface area contributed by atoms with Crippen molar-refractivity contribution in [3.8, 4) is 0 Å². The highest BCUT2D eigenvalue weighted by Gasteiger charge is 2.03. The number of hydrogen-bond acceptors (Lipinski definition) is 1. The number of nitrogens with zero attached hydrogens (tertiary/aromatic N) is 1. The summed E-state index contributed by atoms with van der Waals surface area (Å²) < 4.78 is 6.70. The van der Waals surface area contributed by atoms with Crippen LogP contribution in [-0.2, 0) is 4.52 Å². The Balaban J connectivity index is 3.02. The van der Waals surface area contributed by atoms with Crippen LogP contribution < -0.4 is 0 Å². The molecule has 0 unspecified atom stereocenters. The van der Waals surface area contributed by atoms with E-state index in [2.05, 4.69) is 28.1 Å². The van der Waals surface area contributed by atoms with Crippen LogP contribution >= 0.6 is 8.81 Å². The second-order valence-electron chi connectivity index (χ2n) is 10.4. The van der Waals surface area contributed by atoms with Gasteiger partial charge in [-0.15, -0.1) is 0 Å². The van der Waals surface area contributed by atoms with E-state index in [-0.39, 0.29) is 0 Å². The number of quaternary nitrogens is 1. The van der Waals surface area contributed by atoms with Crippen LogP contribution in [0.3, 0.4) is 0 Å². The predicted octanol–water partition coefficient (Wildman–Crippen LogP) is 9.39. The van der Waals surface area contributed by atoms with Crippen molar-refractivity contribution in [1.29, 1.82) is 0 Å². The maximum Gasteiger partial charge on any atom is 0.0989 e. The van der Waals surface area contributed by atoms with Gasteiger partial charge in [0, 0.05) is 0 Å². The summed E-state index contributed by atoms with van der Waals surface area (Å²) in [7, 11) is 7.86. The summed E-state index contributed by atoms with van der Waals surface area (Å²) in [5.74, 6) is 0. The fourth-order valence-corrected chi connectivity index (χ4v) is 4.57. The van der Waals surface area contributed by atoms with E-state index in [0.717, 1.165) is 17.6 Å². The molecule has 2 nitrogen and oxygen atoms in total. The highest BCUT2D eigenvalue weighted by molar-refractivity contribution is 7.32. The summed E-state index contributed by atoms with van der Waals surface area (Å²) in [4.78, 5) is 0. The van der Waals surface area contributed by atoms with E-state index < -0.39 is 0 Å². The Morgan fingerprint density at radius 1 is 0.500 bits per heavy atom. The molecule has 0 aliphatic carbocycles. The van der Waals surface area contributed by atoms with Crippen molar-refractivity contribution in [2.45, 2.75) is 135 Å². The van der Waals surface area contributed by atoms with Gasteiger partial charge in [-0.05, 0) is 0 Å². The lowest BCUT2D eigenvalue weighted by atomic mass is 10.0. The van der Waals surface area contributed by atoms with Crippen molar-refractivity contribution >= 4 is 8.81 Å². The third-order valence-electron chi connectivity index (χ3n) is 6.05. The smallest absolute Gasteiger partial charge is 0.0989 e. The molecule has 0 aromatic heterocycles. The maximum absolute atomic E-state index is 5.71. The average Bonchev–Trinajstić information content (AvgIpc) is 2.70. The number of likely N-dealkylation sites (N-methyl/N-ethyl adjacent to an activating group) is 1. The van der Waals surface area contributed by atoms with Gasteiger partial charge in [-0.3, -0.25) is 0 Å². The van der Waals surface area contributed by atoms with Gasteiger partial charge in [0.05, 0.1) is 34.3 Å². The molecule has 0 heterocycles. The molecule has 0 aliphatic heterocycles. The van der Waals surface area contributed by atoms with Gasteiger partial charge in [-0.1, -0.05) is 135 Å². The van der Waals surface area contributed by atoms with Gasteiger partial charge >= 0.3 is 0 Å². The van der Waals surface area contributed by atoms with E-state index in [1.165, 1.54) is 143 Å². The Kier molecular flexibility index (Phi) is 24.3. The van der Waals surface area contributed by atoms with Crippen LogP contribution in [0.15, 0.2) is 0 Å². The molecule has 0 spiro atoms. The molecule has 0 aromatic rings. The summed E-state index contributed by atoms with van der Waals surface area (Å²) in [6.07, 6.45) is 30.3. The van der Waals surface area contributed by atoms with E-state index in [1.807, 2.05) is 0 Å². The Labute approximate surface area is 193 Å². The van der Waals surface area contributed by atoms with Crippen LogP contribution in [0.5, 0.6) is 0 Å². The molecule has 0 fully saturated rings. The van der Waals surface area contributed by atoms with E-state index in [0.29, 0.717) is 0 Å². The highest BCUT2D eigenvalue weighted by Crippen LogP contribution is 2.17. The molecule has 0 rings (SSSR count). The molecule has 0 atom stereocenters. The average molecular weight is 444 g/mol. The highest BCUT2D eigenvalue weighted by atomic mass is 31.1. The standard InChI is InChI=1S/C27H58NOP/c1-5-6-7-8-9-10-11-12-13-14-15-16-17-18-19-20-21-22-23-24-27-30-29-26-25-28(2,3)4/h5-27H2,1-4H3. The van der Waals surface area contributed by atoms with Crippen LogP contribution in [0, 0.1) is 0 Å². The van der Waals surface area contributed by atoms with Crippen molar-refractivity contribution in [2.24, 2.45) is 0 Å². The summed E-state index contributed by atoms with van der Waals surface area (Å²) in [6, 6.07) is 0. The first kappa shape index (κ1) is 30.4. The minimum absolute atomic E-state index is 0.893. The zero-order chi connectivity index (χ0) is 22.2. The largest absolute Gasteiger partial charge is 0.553 e. The maximum atomic E-state index is 5.71. The quantitative estimate of drug-likeness (QED) is 0.0775. The Morgan fingerprint density at radius 2 is 0.833 bits per heavy atom.